The third kappa shape index (κ3) is 3.82. The number of carbonyl (C=O) groups excluding carboxylic acids is 1. The maximum Gasteiger partial charge on any atom is 0.238 e. The molecule has 1 aliphatic rings. The fraction of sp³-hybridized carbons (Fsp3) is 0.350. The number of benzene rings is 2. The molecule has 0 saturated carbocycles. The van der Waals surface area contributed by atoms with Crippen LogP contribution in [0.5, 0.6) is 0 Å². The van der Waals surface area contributed by atoms with Crippen LogP contribution in [0.3, 0.4) is 0 Å². The van der Waals surface area contributed by atoms with E-state index in [0.29, 0.717) is 6.54 Å². The molecular formula is C20H23FN2O. The molecule has 2 aromatic rings. The van der Waals surface area contributed by atoms with Gasteiger partial charge in [0.05, 0.1) is 6.54 Å². The molecule has 0 spiro atoms. The molecule has 1 fully saturated rings. The lowest BCUT2D eigenvalue weighted by Gasteiger charge is -2.24. The van der Waals surface area contributed by atoms with E-state index >= 15 is 0 Å². The van der Waals surface area contributed by atoms with Gasteiger partial charge in [-0.15, -0.1) is 0 Å². The fourth-order valence-electron chi connectivity index (χ4n) is 3.40. The van der Waals surface area contributed by atoms with Crippen molar-refractivity contribution in [1.29, 1.82) is 0 Å². The Morgan fingerprint density at radius 3 is 2.71 bits per heavy atom. The number of nitrogens with zero attached hydrogens (tertiary/aromatic N) is 1. The van der Waals surface area contributed by atoms with E-state index in [1.165, 1.54) is 12.1 Å². The summed E-state index contributed by atoms with van der Waals surface area (Å²) < 4.78 is 13.1. The summed E-state index contributed by atoms with van der Waals surface area (Å²) in [5.41, 5.74) is 3.11. The maximum atomic E-state index is 13.1. The maximum absolute atomic E-state index is 13.1. The molecule has 1 amide bonds. The van der Waals surface area contributed by atoms with E-state index in [-0.39, 0.29) is 17.8 Å². The Hall–Kier alpha value is -2.20. The normalized spacial score (nSPS) is 17.8. The number of amides is 1. The Morgan fingerprint density at radius 1 is 1.21 bits per heavy atom. The highest BCUT2D eigenvalue weighted by Crippen LogP contribution is 2.31. The lowest BCUT2D eigenvalue weighted by atomic mass is 10.0. The van der Waals surface area contributed by atoms with Crippen LogP contribution in [0.15, 0.2) is 48.5 Å². The molecule has 24 heavy (non-hydrogen) atoms. The predicted octanol–water partition coefficient (Wildman–Crippen LogP) is 4.16. The van der Waals surface area contributed by atoms with Gasteiger partial charge in [-0.05, 0) is 55.1 Å². The average molecular weight is 326 g/mol. The van der Waals surface area contributed by atoms with Gasteiger partial charge in [-0.2, -0.15) is 0 Å². The second-order valence-electron chi connectivity index (χ2n) is 6.24. The van der Waals surface area contributed by atoms with Crippen molar-refractivity contribution in [3.05, 3.63) is 65.5 Å². The summed E-state index contributed by atoms with van der Waals surface area (Å²) in [7, 11) is 0. The number of halogens is 1. The molecule has 1 saturated heterocycles. The molecule has 126 valence electrons. The summed E-state index contributed by atoms with van der Waals surface area (Å²) in [5.74, 6) is -0.220. The van der Waals surface area contributed by atoms with Gasteiger partial charge in [-0.25, -0.2) is 4.39 Å². The van der Waals surface area contributed by atoms with Crippen molar-refractivity contribution in [2.45, 2.75) is 32.2 Å². The SMILES string of the molecule is CCc1ccccc1NC(=O)CN1CCCC1c1ccc(F)cc1. The van der Waals surface area contributed by atoms with Crippen LogP contribution >= 0.6 is 0 Å². The van der Waals surface area contributed by atoms with Crippen LogP contribution in [0, 0.1) is 5.82 Å². The largest absolute Gasteiger partial charge is 0.325 e. The first-order valence-electron chi connectivity index (χ1n) is 8.54. The fourth-order valence-corrected chi connectivity index (χ4v) is 3.40. The van der Waals surface area contributed by atoms with Gasteiger partial charge in [0.15, 0.2) is 0 Å². The topological polar surface area (TPSA) is 32.3 Å². The molecule has 1 aliphatic heterocycles. The first kappa shape index (κ1) is 16.7. The molecule has 1 heterocycles. The van der Waals surface area contributed by atoms with Crippen molar-refractivity contribution in [3.8, 4) is 0 Å². The molecule has 2 aromatic carbocycles. The Morgan fingerprint density at radius 2 is 1.96 bits per heavy atom. The first-order valence-corrected chi connectivity index (χ1v) is 8.54. The number of hydrogen-bond acceptors (Lipinski definition) is 2. The van der Waals surface area contributed by atoms with E-state index < -0.39 is 0 Å². The van der Waals surface area contributed by atoms with Crippen molar-refractivity contribution < 1.29 is 9.18 Å². The Bertz CT molecular complexity index is 699. The highest BCUT2D eigenvalue weighted by molar-refractivity contribution is 5.93. The van der Waals surface area contributed by atoms with Crippen LogP contribution in [-0.2, 0) is 11.2 Å². The number of anilines is 1. The van der Waals surface area contributed by atoms with Crippen LogP contribution in [-0.4, -0.2) is 23.9 Å². The van der Waals surface area contributed by atoms with Gasteiger partial charge < -0.3 is 5.32 Å². The van der Waals surface area contributed by atoms with Gasteiger partial charge >= 0.3 is 0 Å². The summed E-state index contributed by atoms with van der Waals surface area (Å²) in [6, 6.07) is 14.7. The molecule has 4 heteroatoms. The monoisotopic (exact) mass is 326 g/mol. The minimum absolute atomic E-state index is 0.00455. The lowest BCUT2D eigenvalue weighted by Crippen LogP contribution is -2.33. The number of hydrogen-bond donors (Lipinski definition) is 1. The van der Waals surface area contributed by atoms with E-state index in [1.54, 1.807) is 0 Å². The van der Waals surface area contributed by atoms with Crippen LogP contribution in [0.1, 0.15) is 36.9 Å². The van der Waals surface area contributed by atoms with Crippen LogP contribution < -0.4 is 5.32 Å². The van der Waals surface area contributed by atoms with Crippen molar-refractivity contribution in [1.82, 2.24) is 4.90 Å². The molecule has 1 N–H and O–H groups in total. The zero-order valence-electron chi connectivity index (χ0n) is 14.0. The average Bonchev–Trinajstić information content (AvgIpc) is 3.04. The second kappa shape index (κ2) is 7.58. The number of likely N-dealkylation sites (tertiary alicyclic amines) is 1. The van der Waals surface area contributed by atoms with Crippen molar-refractivity contribution in [2.24, 2.45) is 0 Å². The minimum atomic E-state index is -0.225. The predicted molar refractivity (Wildman–Crippen MR) is 94.4 cm³/mol. The molecule has 0 aromatic heterocycles. The van der Waals surface area contributed by atoms with Crippen LogP contribution in [0.2, 0.25) is 0 Å². The molecule has 3 nitrogen and oxygen atoms in total. The van der Waals surface area contributed by atoms with Crippen molar-refractivity contribution in [3.63, 3.8) is 0 Å². The molecule has 1 unspecified atom stereocenters. The van der Waals surface area contributed by atoms with Gasteiger partial charge in [0.1, 0.15) is 5.82 Å². The van der Waals surface area contributed by atoms with Gasteiger partial charge in [0, 0.05) is 11.7 Å². The molecule has 0 radical (unpaired) electrons. The summed E-state index contributed by atoms with van der Waals surface area (Å²) in [4.78, 5) is 14.6. The lowest BCUT2D eigenvalue weighted by molar-refractivity contribution is -0.117. The van der Waals surface area contributed by atoms with E-state index in [2.05, 4.69) is 17.1 Å². The van der Waals surface area contributed by atoms with Crippen molar-refractivity contribution >= 4 is 11.6 Å². The summed E-state index contributed by atoms with van der Waals surface area (Å²) in [6.07, 6.45) is 2.95. The van der Waals surface area contributed by atoms with Gasteiger partial charge in [-0.3, -0.25) is 9.69 Å². The number of para-hydroxylation sites is 1. The standard InChI is InChI=1S/C20H23FN2O/c1-2-15-6-3-4-7-18(15)22-20(24)14-23-13-5-8-19(23)16-9-11-17(21)12-10-16/h3-4,6-7,9-12,19H,2,5,8,13-14H2,1H3,(H,22,24). The van der Waals surface area contributed by atoms with Gasteiger partial charge in [0.25, 0.3) is 0 Å². The Kier molecular flexibility index (Phi) is 5.26. The van der Waals surface area contributed by atoms with E-state index in [1.807, 2.05) is 36.4 Å². The summed E-state index contributed by atoms with van der Waals surface area (Å²) in [6.45, 7) is 3.33. The molecule has 0 aliphatic carbocycles. The number of nitrogens with one attached hydrogen (secondary N) is 1. The smallest absolute Gasteiger partial charge is 0.238 e. The third-order valence-electron chi connectivity index (χ3n) is 4.64. The Labute approximate surface area is 142 Å². The number of aryl methyl sites for hydroxylation is 1. The summed E-state index contributed by atoms with van der Waals surface area (Å²) >= 11 is 0. The first-order chi connectivity index (χ1) is 11.7. The number of rotatable bonds is 5. The van der Waals surface area contributed by atoms with Gasteiger partial charge in [-0.1, -0.05) is 37.3 Å². The highest BCUT2D eigenvalue weighted by atomic mass is 19.1. The molecule has 0 bridgehead atoms. The zero-order chi connectivity index (χ0) is 16.9. The van der Waals surface area contributed by atoms with Crippen LogP contribution in [0.4, 0.5) is 10.1 Å². The third-order valence-corrected chi connectivity index (χ3v) is 4.64. The highest BCUT2D eigenvalue weighted by Gasteiger charge is 2.27. The zero-order valence-corrected chi connectivity index (χ0v) is 14.0. The molecule has 3 rings (SSSR count). The quantitative estimate of drug-likeness (QED) is 0.894. The number of carbonyl (C=O) groups is 1. The summed E-state index contributed by atoms with van der Waals surface area (Å²) in [5, 5.41) is 3.03. The Balaban J connectivity index is 1.66. The second-order valence-corrected chi connectivity index (χ2v) is 6.24. The van der Waals surface area contributed by atoms with E-state index in [4.69, 9.17) is 0 Å². The van der Waals surface area contributed by atoms with Crippen LogP contribution in [0.25, 0.3) is 0 Å². The van der Waals surface area contributed by atoms with Gasteiger partial charge in [0.2, 0.25) is 5.91 Å². The van der Waals surface area contributed by atoms with E-state index in [9.17, 15) is 9.18 Å². The molecular weight excluding hydrogens is 303 g/mol. The van der Waals surface area contributed by atoms with Crippen molar-refractivity contribution in [2.75, 3.05) is 18.4 Å². The molecule has 1 atom stereocenters. The van der Waals surface area contributed by atoms with E-state index in [0.717, 1.165) is 42.6 Å². The minimum Gasteiger partial charge on any atom is -0.325 e.